The Hall–Kier alpha value is -0.920. The Balaban J connectivity index is 2.02. The molecule has 0 spiro atoms. The highest BCUT2D eigenvalue weighted by Crippen LogP contribution is 2.29. The summed E-state index contributed by atoms with van der Waals surface area (Å²) in [7, 11) is 0. The van der Waals surface area contributed by atoms with Crippen LogP contribution in [-0.4, -0.2) is 17.8 Å². The zero-order valence-electron chi connectivity index (χ0n) is 9.58. The largest absolute Gasteiger partial charge is 0.411 e. The number of hydrogen-bond donors (Lipinski definition) is 0. The quantitative estimate of drug-likeness (QED) is 0.799. The van der Waals surface area contributed by atoms with Gasteiger partial charge in [-0.25, -0.2) is 4.98 Å². The van der Waals surface area contributed by atoms with Crippen LogP contribution in [0.4, 0.5) is 13.2 Å². The van der Waals surface area contributed by atoms with Gasteiger partial charge in [-0.1, -0.05) is 34.1 Å². The maximum Gasteiger partial charge on any atom is 0.411 e. The summed E-state index contributed by atoms with van der Waals surface area (Å²) in [6.45, 7) is -1.38. The molecule has 0 unspecified atom stereocenters. The van der Waals surface area contributed by atoms with Gasteiger partial charge >= 0.3 is 6.18 Å². The normalized spacial score (nSPS) is 11.8. The highest BCUT2D eigenvalue weighted by atomic mass is 79.9. The van der Waals surface area contributed by atoms with Gasteiger partial charge < -0.3 is 4.74 Å². The number of ether oxygens (including phenoxy) is 1. The summed E-state index contributed by atoms with van der Waals surface area (Å²) >= 11 is 4.68. The summed E-state index contributed by atoms with van der Waals surface area (Å²) in [5.41, 5.74) is 1.63. The molecule has 2 nitrogen and oxygen atoms in total. The summed E-state index contributed by atoms with van der Waals surface area (Å²) in [6.07, 6.45) is -4.30. The maximum atomic E-state index is 11.9. The first-order chi connectivity index (χ1) is 8.96. The SMILES string of the molecule is FC(F)(F)COCc1nc(-c2ccccc2Br)cs1. The van der Waals surface area contributed by atoms with Crippen molar-refractivity contribution in [2.24, 2.45) is 0 Å². The zero-order valence-corrected chi connectivity index (χ0v) is 12.0. The second-order valence-corrected chi connectivity index (χ2v) is 5.51. The van der Waals surface area contributed by atoms with Crippen LogP contribution in [0.2, 0.25) is 0 Å². The third-order valence-corrected chi connectivity index (χ3v) is 3.71. The second kappa shape index (κ2) is 6.02. The van der Waals surface area contributed by atoms with E-state index in [9.17, 15) is 13.2 Å². The number of thiazole rings is 1. The molecule has 0 N–H and O–H groups in total. The van der Waals surface area contributed by atoms with Crippen LogP contribution in [0.3, 0.4) is 0 Å². The second-order valence-electron chi connectivity index (χ2n) is 3.71. The number of aromatic nitrogens is 1. The van der Waals surface area contributed by atoms with E-state index in [1.165, 1.54) is 11.3 Å². The Morgan fingerprint density at radius 2 is 2.00 bits per heavy atom. The first kappa shape index (κ1) is 14.5. The zero-order chi connectivity index (χ0) is 13.9. The molecule has 1 aromatic carbocycles. The van der Waals surface area contributed by atoms with Crippen molar-refractivity contribution in [3.8, 4) is 11.3 Å². The third-order valence-electron chi connectivity index (χ3n) is 2.19. The molecule has 0 aliphatic rings. The number of nitrogens with zero attached hydrogens (tertiary/aromatic N) is 1. The Morgan fingerprint density at radius 3 is 2.68 bits per heavy atom. The lowest BCUT2D eigenvalue weighted by molar-refractivity contribution is -0.176. The van der Waals surface area contributed by atoms with Gasteiger partial charge in [0.1, 0.15) is 11.6 Å². The van der Waals surface area contributed by atoms with E-state index in [0.717, 1.165) is 15.7 Å². The van der Waals surface area contributed by atoms with Crippen LogP contribution in [0.25, 0.3) is 11.3 Å². The average molecular weight is 352 g/mol. The van der Waals surface area contributed by atoms with Crippen LogP contribution in [0, 0.1) is 0 Å². The lowest BCUT2D eigenvalue weighted by Crippen LogP contribution is -2.16. The van der Waals surface area contributed by atoms with Crippen molar-refractivity contribution in [3.63, 3.8) is 0 Å². The van der Waals surface area contributed by atoms with Crippen LogP contribution < -0.4 is 0 Å². The minimum atomic E-state index is -4.30. The molecule has 0 aliphatic carbocycles. The van der Waals surface area contributed by atoms with Crippen molar-refractivity contribution >= 4 is 27.3 Å². The highest BCUT2D eigenvalue weighted by Gasteiger charge is 2.27. The number of rotatable bonds is 4. The minimum absolute atomic E-state index is 0.130. The molecule has 0 saturated heterocycles. The van der Waals surface area contributed by atoms with Gasteiger partial charge in [0.05, 0.1) is 12.3 Å². The van der Waals surface area contributed by atoms with E-state index in [-0.39, 0.29) is 6.61 Å². The van der Waals surface area contributed by atoms with Gasteiger partial charge in [-0.3, -0.25) is 0 Å². The molecular formula is C12H9BrF3NOS. The van der Waals surface area contributed by atoms with Crippen molar-refractivity contribution in [2.75, 3.05) is 6.61 Å². The van der Waals surface area contributed by atoms with Crippen molar-refractivity contribution in [1.82, 2.24) is 4.98 Å². The minimum Gasteiger partial charge on any atom is -0.365 e. The van der Waals surface area contributed by atoms with Crippen LogP contribution in [0.1, 0.15) is 5.01 Å². The van der Waals surface area contributed by atoms with E-state index < -0.39 is 12.8 Å². The molecular weight excluding hydrogens is 343 g/mol. The maximum absolute atomic E-state index is 11.9. The summed E-state index contributed by atoms with van der Waals surface area (Å²) in [5.74, 6) is 0. The van der Waals surface area contributed by atoms with Crippen molar-refractivity contribution in [3.05, 3.63) is 39.1 Å². The fourth-order valence-corrected chi connectivity index (χ4v) is 2.64. The number of halogens is 4. The van der Waals surface area contributed by atoms with Gasteiger partial charge in [0, 0.05) is 15.4 Å². The first-order valence-electron chi connectivity index (χ1n) is 5.29. The van der Waals surface area contributed by atoms with E-state index in [4.69, 9.17) is 0 Å². The molecule has 1 heterocycles. The Morgan fingerprint density at radius 1 is 1.26 bits per heavy atom. The molecule has 2 aromatic rings. The predicted octanol–water partition coefficient (Wildman–Crippen LogP) is 4.65. The lowest BCUT2D eigenvalue weighted by atomic mass is 10.2. The standard InChI is InChI=1S/C12H9BrF3NOS/c13-9-4-2-1-3-8(9)10-6-19-11(17-10)5-18-7-12(14,15)16/h1-4,6H,5,7H2. The molecule has 0 aliphatic heterocycles. The van der Waals surface area contributed by atoms with E-state index in [0.29, 0.717) is 5.01 Å². The molecule has 102 valence electrons. The molecule has 0 atom stereocenters. The molecule has 0 fully saturated rings. The van der Waals surface area contributed by atoms with Gasteiger partial charge in [0.2, 0.25) is 0 Å². The Labute approximate surface area is 120 Å². The highest BCUT2D eigenvalue weighted by molar-refractivity contribution is 9.10. The van der Waals surface area contributed by atoms with Crippen molar-refractivity contribution in [2.45, 2.75) is 12.8 Å². The lowest BCUT2D eigenvalue weighted by Gasteiger charge is -2.05. The molecule has 19 heavy (non-hydrogen) atoms. The molecule has 0 saturated carbocycles. The fraction of sp³-hybridized carbons (Fsp3) is 0.250. The van der Waals surface area contributed by atoms with Gasteiger partial charge in [0.15, 0.2) is 0 Å². The van der Waals surface area contributed by atoms with E-state index in [2.05, 4.69) is 25.7 Å². The summed E-state index contributed by atoms with van der Waals surface area (Å²) in [4.78, 5) is 4.26. The molecule has 2 rings (SSSR count). The number of hydrogen-bond acceptors (Lipinski definition) is 3. The van der Waals surface area contributed by atoms with Gasteiger partial charge in [-0.05, 0) is 6.07 Å². The van der Waals surface area contributed by atoms with Crippen LogP contribution in [0.5, 0.6) is 0 Å². The molecule has 0 amide bonds. The van der Waals surface area contributed by atoms with Gasteiger partial charge in [-0.15, -0.1) is 11.3 Å². The van der Waals surface area contributed by atoms with Crippen LogP contribution in [0.15, 0.2) is 34.1 Å². The van der Waals surface area contributed by atoms with Crippen molar-refractivity contribution in [1.29, 1.82) is 0 Å². The van der Waals surface area contributed by atoms with Crippen LogP contribution >= 0.6 is 27.3 Å². The molecule has 0 radical (unpaired) electrons. The summed E-state index contributed by atoms with van der Waals surface area (Å²) < 4.78 is 41.3. The monoisotopic (exact) mass is 351 g/mol. The van der Waals surface area contributed by atoms with E-state index in [1.54, 1.807) is 5.38 Å². The Kier molecular flexibility index (Phi) is 4.59. The third kappa shape index (κ3) is 4.29. The summed E-state index contributed by atoms with van der Waals surface area (Å²) in [6, 6.07) is 7.53. The Bertz CT molecular complexity index is 556. The smallest absolute Gasteiger partial charge is 0.365 e. The fourth-order valence-electron chi connectivity index (χ4n) is 1.42. The number of alkyl halides is 3. The van der Waals surface area contributed by atoms with E-state index in [1.807, 2.05) is 24.3 Å². The average Bonchev–Trinajstić information content (AvgIpc) is 2.76. The van der Waals surface area contributed by atoms with Crippen molar-refractivity contribution < 1.29 is 17.9 Å². The van der Waals surface area contributed by atoms with Gasteiger partial charge in [0.25, 0.3) is 0 Å². The molecule has 0 bridgehead atoms. The first-order valence-corrected chi connectivity index (χ1v) is 6.97. The topological polar surface area (TPSA) is 22.1 Å². The summed E-state index contributed by atoms with van der Waals surface area (Å²) in [5, 5.41) is 2.32. The number of benzene rings is 1. The predicted molar refractivity (Wildman–Crippen MR) is 71.0 cm³/mol. The van der Waals surface area contributed by atoms with Crippen LogP contribution in [-0.2, 0) is 11.3 Å². The molecule has 1 aromatic heterocycles. The van der Waals surface area contributed by atoms with E-state index >= 15 is 0 Å². The molecule has 7 heteroatoms. The van der Waals surface area contributed by atoms with Gasteiger partial charge in [-0.2, -0.15) is 13.2 Å².